The van der Waals surface area contributed by atoms with Crippen LogP contribution in [0.1, 0.15) is 36.6 Å². The quantitative estimate of drug-likeness (QED) is 0.710. The van der Waals surface area contributed by atoms with E-state index in [-0.39, 0.29) is 5.82 Å². The van der Waals surface area contributed by atoms with Crippen LogP contribution in [0.25, 0.3) is 10.9 Å². The topological polar surface area (TPSA) is 19.0 Å². The normalized spacial score (nSPS) is 19.0. The highest BCUT2D eigenvalue weighted by molar-refractivity contribution is 5.80. The second-order valence-corrected chi connectivity index (χ2v) is 6.74. The minimum atomic E-state index is -0.160. The van der Waals surface area contributed by atoms with Gasteiger partial charge in [0.25, 0.3) is 0 Å². The first-order valence-corrected chi connectivity index (χ1v) is 8.86. The lowest BCUT2D eigenvalue weighted by atomic mass is 9.98. The molecule has 0 aliphatic carbocycles. The maximum Gasteiger partial charge on any atom is 0.123 e. The SMILES string of the molecule is Fc1ccc(CCN2CCCCC2c2cc3ccccc3[nH]2)cc1. The van der Waals surface area contributed by atoms with E-state index < -0.39 is 0 Å². The molecule has 3 aromatic rings. The molecule has 124 valence electrons. The number of aromatic nitrogens is 1. The number of aromatic amines is 1. The number of hydrogen-bond donors (Lipinski definition) is 1. The largest absolute Gasteiger partial charge is 0.357 e. The van der Waals surface area contributed by atoms with Gasteiger partial charge in [-0.25, -0.2) is 4.39 Å². The third-order valence-electron chi connectivity index (χ3n) is 5.12. The standard InChI is InChI=1S/C21H23FN2/c22-18-10-8-16(9-11-18)12-14-24-13-4-3-7-21(24)20-15-17-5-1-2-6-19(17)23-20/h1-2,5-6,8-11,15,21,23H,3-4,7,12-14H2. The van der Waals surface area contributed by atoms with Crippen LogP contribution in [0.5, 0.6) is 0 Å². The fourth-order valence-electron chi connectivity index (χ4n) is 3.81. The first-order valence-electron chi connectivity index (χ1n) is 8.86. The maximum absolute atomic E-state index is 13.1. The number of piperidine rings is 1. The molecular weight excluding hydrogens is 299 g/mol. The Morgan fingerprint density at radius 3 is 2.71 bits per heavy atom. The summed E-state index contributed by atoms with van der Waals surface area (Å²) in [7, 11) is 0. The van der Waals surface area contributed by atoms with Gasteiger partial charge in [0.15, 0.2) is 0 Å². The Labute approximate surface area is 142 Å². The molecule has 1 aliphatic rings. The molecule has 3 heteroatoms. The lowest BCUT2D eigenvalue weighted by Gasteiger charge is -2.35. The Morgan fingerprint density at radius 2 is 1.88 bits per heavy atom. The molecule has 2 nitrogen and oxygen atoms in total. The molecule has 2 heterocycles. The van der Waals surface area contributed by atoms with E-state index in [1.165, 1.54) is 41.4 Å². The zero-order chi connectivity index (χ0) is 16.4. The van der Waals surface area contributed by atoms with Crippen LogP contribution in [0.3, 0.4) is 0 Å². The second-order valence-electron chi connectivity index (χ2n) is 6.74. The van der Waals surface area contributed by atoms with E-state index in [0.29, 0.717) is 6.04 Å². The van der Waals surface area contributed by atoms with Crippen LogP contribution < -0.4 is 0 Å². The Hall–Kier alpha value is -2.13. The molecule has 1 atom stereocenters. The minimum Gasteiger partial charge on any atom is -0.357 e. The monoisotopic (exact) mass is 322 g/mol. The van der Waals surface area contributed by atoms with E-state index in [4.69, 9.17) is 0 Å². The zero-order valence-corrected chi connectivity index (χ0v) is 13.8. The summed E-state index contributed by atoms with van der Waals surface area (Å²) in [6.07, 6.45) is 4.72. The number of rotatable bonds is 4. The predicted octanol–water partition coefficient (Wildman–Crippen LogP) is 5.08. The van der Waals surface area contributed by atoms with Crippen molar-refractivity contribution in [3.63, 3.8) is 0 Å². The summed E-state index contributed by atoms with van der Waals surface area (Å²) in [5.41, 5.74) is 3.75. The lowest BCUT2D eigenvalue weighted by Crippen LogP contribution is -2.35. The molecule has 1 aliphatic heterocycles. The first kappa shape index (κ1) is 15.4. The van der Waals surface area contributed by atoms with Crippen LogP contribution in [-0.4, -0.2) is 23.0 Å². The van der Waals surface area contributed by atoms with Crippen molar-refractivity contribution >= 4 is 10.9 Å². The third-order valence-corrected chi connectivity index (χ3v) is 5.12. The Balaban J connectivity index is 1.51. The average molecular weight is 322 g/mol. The zero-order valence-electron chi connectivity index (χ0n) is 13.8. The minimum absolute atomic E-state index is 0.160. The van der Waals surface area contributed by atoms with Crippen molar-refractivity contribution in [1.29, 1.82) is 0 Å². The molecule has 0 saturated carbocycles. The lowest BCUT2D eigenvalue weighted by molar-refractivity contribution is 0.148. The van der Waals surface area contributed by atoms with Crippen molar-refractivity contribution in [3.8, 4) is 0 Å². The number of nitrogens with zero attached hydrogens (tertiary/aromatic N) is 1. The Bertz CT molecular complexity index is 773. The highest BCUT2D eigenvalue weighted by Gasteiger charge is 2.24. The highest BCUT2D eigenvalue weighted by Crippen LogP contribution is 2.32. The van der Waals surface area contributed by atoms with Crippen molar-refractivity contribution < 1.29 is 4.39 Å². The molecule has 24 heavy (non-hydrogen) atoms. The number of para-hydroxylation sites is 1. The summed E-state index contributed by atoms with van der Waals surface area (Å²) in [5.74, 6) is -0.160. The van der Waals surface area contributed by atoms with Gasteiger partial charge in [-0.2, -0.15) is 0 Å². The number of H-pyrrole nitrogens is 1. The third kappa shape index (κ3) is 3.22. The van der Waals surface area contributed by atoms with Gasteiger partial charge >= 0.3 is 0 Å². The second kappa shape index (κ2) is 6.78. The molecule has 1 saturated heterocycles. The van der Waals surface area contributed by atoms with Crippen LogP contribution in [0, 0.1) is 5.82 Å². The molecule has 1 aromatic heterocycles. The first-order chi connectivity index (χ1) is 11.8. The molecular formula is C21H23FN2. The number of likely N-dealkylation sites (tertiary alicyclic amines) is 1. The van der Waals surface area contributed by atoms with Crippen LogP contribution in [0.2, 0.25) is 0 Å². The fraction of sp³-hybridized carbons (Fsp3) is 0.333. The molecule has 0 amide bonds. The molecule has 0 bridgehead atoms. The van der Waals surface area contributed by atoms with E-state index >= 15 is 0 Å². The van der Waals surface area contributed by atoms with E-state index in [9.17, 15) is 4.39 Å². The smallest absolute Gasteiger partial charge is 0.123 e. The van der Waals surface area contributed by atoms with E-state index in [1.54, 1.807) is 12.1 Å². The molecule has 1 unspecified atom stereocenters. The van der Waals surface area contributed by atoms with Gasteiger partial charge in [0.1, 0.15) is 5.82 Å². The van der Waals surface area contributed by atoms with Crippen LogP contribution >= 0.6 is 0 Å². The van der Waals surface area contributed by atoms with Crippen molar-refractivity contribution in [2.45, 2.75) is 31.7 Å². The van der Waals surface area contributed by atoms with E-state index in [0.717, 1.165) is 19.5 Å². The molecule has 1 fully saturated rings. The van der Waals surface area contributed by atoms with Crippen molar-refractivity contribution in [2.75, 3.05) is 13.1 Å². The van der Waals surface area contributed by atoms with Gasteiger partial charge in [-0.1, -0.05) is 36.8 Å². The summed E-state index contributed by atoms with van der Waals surface area (Å²) in [6, 6.07) is 18.2. The average Bonchev–Trinajstić information content (AvgIpc) is 3.05. The summed E-state index contributed by atoms with van der Waals surface area (Å²) < 4.78 is 13.1. The molecule has 0 radical (unpaired) electrons. The van der Waals surface area contributed by atoms with Gasteiger partial charge in [0.2, 0.25) is 0 Å². The van der Waals surface area contributed by atoms with E-state index in [2.05, 4.69) is 40.2 Å². The van der Waals surface area contributed by atoms with Gasteiger partial charge in [-0.3, -0.25) is 4.90 Å². The summed E-state index contributed by atoms with van der Waals surface area (Å²) in [4.78, 5) is 6.19. The number of hydrogen-bond acceptors (Lipinski definition) is 1. The van der Waals surface area contributed by atoms with Crippen LogP contribution in [0.4, 0.5) is 4.39 Å². The van der Waals surface area contributed by atoms with Gasteiger partial charge in [-0.15, -0.1) is 0 Å². The molecule has 1 N–H and O–H groups in total. The van der Waals surface area contributed by atoms with Gasteiger partial charge < -0.3 is 4.98 Å². The van der Waals surface area contributed by atoms with Crippen LogP contribution in [0.15, 0.2) is 54.6 Å². The summed E-state index contributed by atoms with van der Waals surface area (Å²) in [6.45, 7) is 2.16. The van der Waals surface area contributed by atoms with Gasteiger partial charge in [-0.05, 0) is 61.0 Å². The van der Waals surface area contributed by atoms with Crippen LogP contribution in [-0.2, 0) is 6.42 Å². The number of nitrogens with one attached hydrogen (secondary N) is 1. The highest BCUT2D eigenvalue weighted by atomic mass is 19.1. The fourth-order valence-corrected chi connectivity index (χ4v) is 3.81. The summed E-state index contributed by atoms with van der Waals surface area (Å²) in [5, 5.41) is 1.29. The molecule has 0 spiro atoms. The Morgan fingerprint density at radius 1 is 1.04 bits per heavy atom. The number of benzene rings is 2. The van der Waals surface area contributed by atoms with Crippen molar-refractivity contribution in [2.24, 2.45) is 0 Å². The van der Waals surface area contributed by atoms with E-state index in [1.807, 2.05) is 12.1 Å². The molecule has 2 aromatic carbocycles. The number of fused-ring (bicyclic) bond motifs is 1. The van der Waals surface area contributed by atoms with Crippen molar-refractivity contribution in [3.05, 3.63) is 71.7 Å². The number of halogens is 1. The maximum atomic E-state index is 13.1. The molecule has 4 rings (SSSR count). The predicted molar refractivity (Wildman–Crippen MR) is 96.6 cm³/mol. The Kier molecular flexibility index (Phi) is 4.35. The van der Waals surface area contributed by atoms with Gasteiger partial charge in [0, 0.05) is 23.8 Å². The van der Waals surface area contributed by atoms with Crippen molar-refractivity contribution in [1.82, 2.24) is 9.88 Å². The summed E-state index contributed by atoms with van der Waals surface area (Å²) >= 11 is 0. The van der Waals surface area contributed by atoms with Gasteiger partial charge in [0.05, 0.1) is 0 Å².